The molecule has 0 radical (unpaired) electrons. The molecule has 2 aromatic rings. The van der Waals surface area contributed by atoms with Gasteiger partial charge in [-0.3, -0.25) is 4.79 Å². The van der Waals surface area contributed by atoms with Gasteiger partial charge in [0.15, 0.2) is 0 Å². The number of carbonyl (C=O) groups is 3. The van der Waals surface area contributed by atoms with Crippen LogP contribution < -0.4 is 5.32 Å². The second-order valence-electron chi connectivity index (χ2n) is 9.35. The maximum Gasteiger partial charge on any atom is 0.407 e. The van der Waals surface area contributed by atoms with Crippen LogP contribution in [0.15, 0.2) is 48.5 Å². The summed E-state index contributed by atoms with van der Waals surface area (Å²) in [7, 11) is 0. The lowest BCUT2D eigenvalue weighted by Gasteiger charge is -2.48. The first-order valence-electron chi connectivity index (χ1n) is 11.7. The highest BCUT2D eigenvalue weighted by Gasteiger charge is 2.49. The van der Waals surface area contributed by atoms with Gasteiger partial charge in [-0.25, -0.2) is 9.59 Å². The fourth-order valence-electron chi connectivity index (χ4n) is 5.19. The van der Waals surface area contributed by atoms with E-state index in [1.54, 1.807) is 4.90 Å². The van der Waals surface area contributed by atoms with Gasteiger partial charge < -0.3 is 24.8 Å². The van der Waals surface area contributed by atoms with E-state index in [1.165, 1.54) is 11.1 Å². The van der Waals surface area contributed by atoms with Crippen molar-refractivity contribution < 1.29 is 29.0 Å². The fourth-order valence-corrected chi connectivity index (χ4v) is 5.19. The Morgan fingerprint density at radius 3 is 2.18 bits per heavy atom. The highest BCUT2D eigenvalue weighted by Crippen LogP contribution is 2.45. The number of rotatable bonds is 8. The third-order valence-corrected chi connectivity index (χ3v) is 7.26. The highest BCUT2D eigenvalue weighted by molar-refractivity contribution is 5.85. The Morgan fingerprint density at radius 2 is 1.62 bits per heavy atom. The monoisotopic (exact) mass is 464 g/mol. The van der Waals surface area contributed by atoms with E-state index in [1.807, 2.05) is 24.3 Å². The molecule has 2 N–H and O–H groups in total. The molecule has 1 aliphatic heterocycles. The van der Waals surface area contributed by atoms with Gasteiger partial charge in [0.25, 0.3) is 0 Å². The quantitative estimate of drug-likeness (QED) is 0.622. The van der Waals surface area contributed by atoms with Crippen LogP contribution in [0.3, 0.4) is 0 Å². The van der Waals surface area contributed by atoms with E-state index in [0.717, 1.165) is 17.5 Å². The summed E-state index contributed by atoms with van der Waals surface area (Å²) in [5.41, 5.74) is 4.04. The maximum atomic E-state index is 13.0. The normalized spacial score (nSPS) is 18.3. The smallest absolute Gasteiger partial charge is 0.407 e. The van der Waals surface area contributed by atoms with Crippen molar-refractivity contribution in [1.82, 2.24) is 10.2 Å². The number of hydrogen-bond donors (Lipinski definition) is 2. The fraction of sp³-hybridized carbons (Fsp3) is 0.423. The molecule has 1 saturated carbocycles. The standard InChI is InChI=1S/C26H28N2O6/c29-23(30)15-33-17-12-28(13-17)24(31)26(10-5-11-26)16-27-25(32)34-14-22-20-8-3-1-6-18(20)19-7-2-4-9-21(19)22/h1-4,6-9,17,22H,5,10-16H2,(H,27,32)(H,29,30). The predicted molar refractivity (Wildman–Crippen MR) is 123 cm³/mol. The Balaban J connectivity index is 1.14. The van der Waals surface area contributed by atoms with Crippen molar-refractivity contribution in [2.45, 2.75) is 31.3 Å². The number of nitrogens with one attached hydrogen (secondary N) is 1. The molecule has 0 unspecified atom stereocenters. The lowest BCUT2D eigenvalue weighted by Crippen LogP contribution is -2.62. The number of likely N-dealkylation sites (tertiary alicyclic amines) is 1. The summed E-state index contributed by atoms with van der Waals surface area (Å²) in [5.74, 6) is -1.04. The van der Waals surface area contributed by atoms with Gasteiger partial charge in [-0.1, -0.05) is 55.0 Å². The van der Waals surface area contributed by atoms with E-state index in [4.69, 9.17) is 14.6 Å². The van der Waals surface area contributed by atoms with E-state index < -0.39 is 17.5 Å². The zero-order valence-electron chi connectivity index (χ0n) is 18.9. The molecule has 0 bridgehead atoms. The predicted octanol–water partition coefficient (Wildman–Crippen LogP) is 3.01. The molecule has 2 aromatic carbocycles. The van der Waals surface area contributed by atoms with Crippen molar-refractivity contribution in [3.8, 4) is 11.1 Å². The van der Waals surface area contributed by atoms with E-state index >= 15 is 0 Å². The van der Waals surface area contributed by atoms with Crippen LogP contribution in [0.2, 0.25) is 0 Å². The summed E-state index contributed by atoms with van der Waals surface area (Å²) in [6.07, 6.45) is 1.60. The number of alkyl carbamates (subject to hydrolysis) is 1. The summed E-state index contributed by atoms with van der Waals surface area (Å²) in [5, 5.41) is 11.5. The van der Waals surface area contributed by atoms with Gasteiger partial charge in [-0.2, -0.15) is 0 Å². The molecular weight excluding hydrogens is 436 g/mol. The topological polar surface area (TPSA) is 105 Å². The first-order valence-corrected chi connectivity index (χ1v) is 11.7. The van der Waals surface area contributed by atoms with Gasteiger partial charge in [0, 0.05) is 25.6 Å². The van der Waals surface area contributed by atoms with Crippen molar-refractivity contribution in [2.75, 3.05) is 32.8 Å². The second kappa shape index (κ2) is 9.10. The van der Waals surface area contributed by atoms with Crippen molar-refractivity contribution >= 4 is 18.0 Å². The van der Waals surface area contributed by atoms with E-state index in [9.17, 15) is 14.4 Å². The molecule has 3 aliphatic rings. The Bertz CT molecular complexity index is 1060. The van der Waals surface area contributed by atoms with Gasteiger partial charge in [-0.05, 0) is 35.1 Å². The molecule has 2 fully saturated rings. The van der Waals surface area contributed by atoms with Crippen molar-refractivity contribution in [1.29, 1.82) is 0 Å². The molecule has 1 heterocycles. The molecule has 8 heteroatoms. The van der Waals surface area contributed by atoms with E-state index in [-0.39, 0.29) is 37.7 Å². The number of hydrogen-bond acceptors (Lipinski definition) is 5. The van der Waals surface area contributed by atoms with Crippen molar-refractivity contribution in [3.63, 3.8) is 0 Å². The van der Waals surface area contributed by atoms with Crippen LogP contribution in [0.5, 0.6) is 0 Å². The molecule has 34 heavy (non-hydrogen) atoms. The highest BCUT2D eigenvalue weighted by atomic mass is 16.5. The number of fused-ring (bicyclic) bond motifs is 3. The van der Waals surface area contributed by atoms with Crippen molar-refractivity contribution in [2.24, 2.45) is 5.41 Å². The van der Waals surface area contributed by atoms with E-state index in [2.05, 4.69) is 29.6 Å². The Hall–Kier alpha value is -3.39. The van der Waals surface area contributed by atoms with Gasteiger partial charge in [0.05, 0.1) is 11.5 Å². The minimum Gasteiger partial charge on any atom is -0.480 e. The van der Waals surface area contributed by atoms with Gasteiger partial charge in [0.2, 0.25) is 5.91 Å². The Kier molecular flexibility index (Phi) is 6.00. The van der Waals surface area contributed by atoms with Crippen LogP contribution in [0, 0.1) is 5.41 Å². The zero-order chi connectivity index (χ0) is 23.7. The minimum absolute atomic E-state index is 0.00660. The largest absolute Gasteiger partial charge is 0.480 e. The number of benzene rings is 2. The second-order valence-corrected chi connectivity index (χ2v) is 9.35. The average Bonchev–Trinajstić information content (AvgIpc) is 3.09. The molecule has 178 valence electrons. The first kappa shape index (κ1) is 22.4. The summed E-state index contributed by atoms with van der Waals surface area (Å²) in [6, 6.07) is 16.3. The summed E-state index contributed by atoms with van der Waals surface area (Å²) < 4.78 is 10.8. The molecule has 1 saturated heterocycles. The van der Waals surface area contributed by atoms with Crippen LogP contribution in [-0.4, -0.2) is 66.9 Å². The molecule has 0 aromatic heterocycles. The molecule has 0 atom stereocenters. The van der Waals surface area contributed by atoms with Crippen LogP contribution in [0.1, 0.15) is 36.3 Å². The Morgan fingerprint density at radius 1 is 1.00 bits per heavy atom. The van der Waals surface area contributed by atoms with Gasteiger partial charge in [-0.15, -0.1) is 0 Å². The van der Waals surface area contributed by atoms with Crippen LogP contribution in [0.4, 0.5) is 4.79 Å². The SMILES string of the molecule is O=C(O)COC1CN(C(=O)C2(CNC(=O)OCC3c4ccccc4-c4ccccc43)CCC2)C1. The lowest BCUT2D eigenvalue weighted by molar-refractivity contribution is -0.164. The number of ether oxygens (including phenoxy) is 2. The molecule has 2 amide bonds. The van der Waals surface area contributed by atoms with Gasteiger partial charge in [0.1, 0.15) is 13.2 Å². The van der Waals surface area contributed by atoms with Crippen molar-refractivity contribution in [3.05, 3.63) is 59.7 Å². The maximum absolute atomic E-state index is 13.0. The third-order valence-electron chi connectivity index (χ3n) is 7.26. The number of aliphatic carboxylic acids is 1. The number of carbonyl (C=O) groups excluding carboxylic acids is 2. The minimum atomic E-state index is -1.02. The number of nitrogens with zero attached hydrogens (tertiary/aromatic N) is 1. The van der Waals surface area contributed by atoms with Crippen LogP contribution >= 0.6 is 0 Å². The summed E-state index contributed by atoms with van der Waals surface area (Å²) >= 11 is 0. The third kappa shape index (κ3) is 4.14. The summed E-state index contributed by atoms with van der Waals surface area (Å²) in [6.45, 7) is 0.883. The lowest BCUT2D eigenvalue weighted by atomic mass is 9.67. The summed E-state index contributed by atoms with van der Waals surface area (Å²) in [4.78, 5) is 37.9. The zero-order valence-corrected chi connectivity index (χ0v) is 18.9. The molecule has 8 nitrogen and oxygen atoms in total. The van der Waals surface area contributed by atoms with E-state index in [0.29, 0.717) is 25.9 Å². The van der Waals surface area contributed by atoms with Crippen LogP contribution in [0.25, 0.3) is 11.1 Å². The number of amides is 2. The average molecular weight is 465 g/mol. The Labute approximate surface area is 197 Å². The number of carboxylic acids is 1. The first-order chi connectivity index (χ1) is 16.5. The number of carboxylic acid groups (broad SMARTS) is 1. The van der Waals surface area contributed by atoms with Gasteiger partial charge >= 0.3 is 12.1 Å². The molecule has 0 spiro atoms. The van der Waals surface area contributed by atoms with Crippen LogP contribution in [-0.2, 0) is 19.1 Å². The molecule has 5 rings (SSSR count). The molecule has 2 aliphatic carbocycles. The molecular formula is C26H28N2O6.